The van der Waals surface area contributed by atoms with Crippen molar-refractivity contribution < 1.29 is 4.79 Å². The number of hydrogen-bond donors (Lipinski definition) is 0. The van der Waals surface area contributed by atoms with Crippen LogP contribution in [0.25, 0.3) is 5.69 Å². The van der Waals surface area contributed by atoms with Crippen LogP contribution in [0.5, 0.6) is 0 Å². The van der Waals surface area contributed by atoms with Crippen molar-refractivity contribution in [2.75, 3.05) is 13.1 Å². The third kappa shape index (κ3) is 4.70. The second-order valence-corrected chi connectivity index (χ2v) is 6.39. The van der Waals surface area contributed by atoms with Gasteiger partial charge in [-0.2, -0.15) is 5.10 Å². The zero-order chi connectivity index (χ0) is 17.5. The van der Waals surface area contributed by atoms with Crippen molar-refractivity contribution in [1.82, 2.24) is 14.7 Å². The smallest absolute Gasteiger partial charge is 0.222 e. The Morgan fingerprint density at radius 3 is 2.21 bits per heavy atom. The average molecular weight is 327 g/mol. The number of carbonyl (C=O) groups excluding carboxylic acids is 1. The number of hydrogen-bond acceptors (Lipinski definition) is 2. The Hall–Kier alpha value is -2.10. The van der Waals surface area contributed by atoms with Crippen LogP contribution in [0.15, 0.2) is 30.3 Å². The Bertz CT molecular complexity index is 652. The van der Waals surface area contributed by atoms with Gasteiger partial charge in [-0.15, -0.1) is 0 Å². The van der Waals surface area contributed by atoms with Crippen molar-refractivity contribution in [3.05, 3.63) is 47.3 Å². The quantitative estimate of drug-likeness (QED) is 0.733. The molecule has 0 aliphatic heterocycles. The van der Waals surface area contributed by atoms with Crippen LogP contribution in [0.3, 0.4) is 0 Å². The van der Waals surface area contributed by atoms with Crippen molar-refractivity contribution in [2.24, 2.45) is 0 Å². The monoisotopic (exact) mass is 327 g/mol. The second kappa shape index (κ2) is 8.67. The number of aryl methyl sites for hydroxylation is 3. The summed E-state index contributed by atoms with van der Waals surface area (Å²) in [4.78, 5) is 14.3. The van der Waals surface area contributed by atoms with Crippen LogP contribution < -0.4 is 0 Å². The molecule has 0 saturated heterocycles. The fourth-order valence-electron chi connectivity index (χ4n) is 3.00. The largest absolute Gasteiger partial charge is 0.343 e. The van der Waals surface area contributed by atoms with E-state index in [0.29, 0.717) is 6.42 Å². The van der Waals surface area contributed by atoms with E-state index in [1.54, 1.807) is 0 Å². The molecule has 0 bridgehead atoms. The highest BCUT2D eigenvalue weighted by molar-refractivity contribution is 5.76. The number of benzene rings is 1. The first-order valence-electron chi connectivity index (χ1n) is 8.95. The molecule has 2 rings (SSSR count). The van der Waals surface area contributed by atoms with Crippen LogP contribution in [-0.2, 0) is 11.2 Å². The normalized spacial score (nSPS) is 10.8. The summed E-state index contributed by atoms with van der Waals surface area (Å²) in [7, 11) is 0. The Morgan fingerprint density at radius 2 is 1.71 bits per heavy atom. The standard InChI is InChI=1S/C20H29N3O/c1-5-13-22(14-6-2)20(24)12-9-18-7-10-19(11-8-18)23-17(4)15-16(3)21-23/h7-8,10-11,15H,5-6,9,12-14H2,1-4H3. The maximum Gasteiger partial charge on any atom is 0.222 e. The molecular formula is C20H29N3O. The van der Waals surface area contributed by atoms with E-state index >= 15 is 0 Å². The summed E-state index contributed by atoms with van der Waals surface area (Å²) in [5.41, 5.74) is 4.41. The van der Waals surface area contributed by atoms with Gasteiger partial charge in [0.2, 0.25) is 5.91 Å². The maximum absolute atomic E-state index is 12.3. The first-order chi connectivity index (χ1) is 11.5. The van der Waals surface area contributed by atoms with Gasteiger partial charge in [0, 0.05) is 25.2 Å². The minimum absolute atomic E-state index is 0.265. The number of carbonyl (C=O) groups is 1. The summed E-state index contributed by atoms with van der Waals surface area (Å²) in [5.74, 6) is 0.265. The van der Waals surface area contributed by atoms with E-state index in [9.17, 15) is 4.79 Å². The van der Waals surface area contributed by atoms with E-state index in [-0.39, 0.29) is 5.91 Å². The van der Waals surface area contributed by atoms with Crippen molar-refractivity contribution in [3.63, 3.8) is 0 Å². The Balaban J connectivity index is 1.96. The fourth-order valence-corrected chi connectivity index (χ4v) is 3.00. The zero-order valence-electron chi connectivity index (χ0n) is 15.4. The molecule has 0 saturated carbocycles. The van der Waals surface area contributed by atoms with Crippen LogP contribution in [-0.4, -0.2) is 33.7 Å². The summed E-state index contributed by atoms with van der Waals surface area (Å²) in [5, 5.41) is 4.50. The highest BCUT2D eigenvalue weighted by Gasteiger charge is 2.11. The third-order valence-corrected chi connectivity index (χ3v) is 4.16. The molecule has 1 amide bonds. The zero-order valence-corrected chi connectivity index (χ0v) is 15.4. The molecule has 0 fully saturated rings. The van der Waals surface area contributed by atoms with Gasteiger partial charge in [-0.25, -0.2) is 4.68 Å². The van der Waals surface area contributed by atoms with Gasteiger partial charge in [-0.3, -0.25) is 4.79 Å². The molecule has 0 spiro atoms. The van der Waals surface area contributed by atoms with Crippen molar-refractivity contribution >= 4 is 5.91 Å². The van der Waals surface area contributed by atoms with E-state index in [2.05, 4.69) is 56.2 Å². The average Bonchev–Trinajstić information content (AvgIpc) is 2.91. The van der Waals surface area contributed by atoms with E-state index < -0.39 is 0 Å². The van der Waals surface area contributed by atoms with Crippen LogP contribution in [0, 0.1) is 13.8 Å². The molecular weight excluding hydrogens is 298 g/mol. The maximum atomic E-state index is 12.3. The first-order valence-corrected chi connectivity index (χ1v) is 8.95. The lowest BCUT2D eigenvalue weighted by molar-refractivity contribution is -0.131. The van der Waals surface area contributed by atoms with Gasteiger partial charge < -0.3 is 4.90 Å². The predicted octanol–water partition coefficient (Wildman–Crippen LogP) is 4.07. The molecule has 0 N–H and O–H groups in total. The molecule has 0 radical (unpaired) electrons. The highest BCUT2D eigenvalue weighted by atomic mass is 16.2. The molecule has 1 aromatic carbocycles. The summed E-state index contributed by atoms with van der Waals surface area (Å²) in [6.45, 7) is 10.0. The van der Waals surface area contributed by atoms with Gasteiger partial charge in [0.25, 0.3) is 0 Å². The van der Waals surface area contributed by atoms with Crippen LogP contribution in [0.4, 0.5) is 0 Å². The Kier molecular flexibility index (Phi) is 6.59. The van der Waals surface area contributed by atoms with E-state index in [0.717, 1.165) is 49.4 Å². The topological polar surface area (TPSA) is 38.1 Å². The molecule has 1 heterocycles. The molecule has 130 valence electrons. The Morgan fingerprint density at radius 1 is 1.08 bits per heavy atom. The molecule has 0 unspecified atom stereocenters. The molecule has 4 nitrogen and oxygen atoms in total. The van der Waals surface area contributed by atoms with Crippen molar-refractivity contribution in [2.45, 2.75) is 53.4 Å². The highest BCUT2D eigenvalue weighted by Crippen LogP contribution is 2.14. The number of aromatic nitrogens is 2. The minimum Gasteiger partial charge on any atom is -0.343 e. The van der Waals surface area contributed by atoms with Crippen LogP contribution in [0.1, 0.15) is 50.1 Å². The fraction of sp³-hybridized carbons (Fsp3) is 0.500. The molecule has 4 heteroatoms. The number of amides is 1. The van der Waals surface area contributed by atoms with Crippen molar-refractivity contribution in [3.8, 4) is 5.69 Å². The predicted molar refractivity (Wildman–Crippen MR) is 98.5 cm³/mol. The van der Waals surface area contributed by atoms with E-state index in [1.165, 1.54) is 5.56 Å². The molecule has 0 atom stereocenters. The molecule has 2 aromatic rings. The summed E-state index contributed by atoms with van der Waals surface area (Å²) in [6.07, 6.45) is 3.41. The Labute approximate surface area is 145 Å². The number of nitrogens with zero attached hydrogens (tertiary/aromatic N) is 3. The lowest BCUT2D eigenvalue weighted by atomic mass is 10.1. The van der Waals surface area contributed by atoms with Gasteiger partial charge in [0.15, 0.2) is 0 Å². The SMILES string of the molecule is CCCN(CCC)C(=O)CCc1ccc(-n2nc(C)cc2C)cc1. The van der Waals surface area contributed by atoms with Gasteiger partial charge in [-0.05, 0) is 56.9 Å². The first kappa shape index (κ1) is 18.2. The summed E-state index contributed by atoms with van der Waals surface area (Å²) < 4.78 is 1.95. The third-order valence-electron chi connectivity index (χ3n) is 4.16. The van der Waals surface area contributed by atoms with Crippen LogP contribution >= 0.6 is 0 Å². The summed E-state index contributed by atoms with van der Waals surface area (Å²) >= 11 is 0. The molecule has 1 aromatic heterocycles. The van der Waals surface area contributed by atoms with Gasteiger partial charge in [0.05, 0.1) is 11.4 Å². The molecule has 0 aliphatic rings. The van der Waals surface area contributed by atoms with Gasteiger partial charge in [0.1, 0.15) is 0 Å². The van der Waals surface area contributed by atoms with E-state index in [4.69, 9.17) is 0 Å². The summed E-state index contributed by atoms with van der Waals surface area (Å²) in [6, 6.07) is 10.4. The molecule has 0 aliphatic carbocycles. The minimum atomic E-state index is 0.265. The van der Waals surface area contributed by atoms with Crippen LogP contribution in [0.2, 0.25) is 0 Å². The molecule has 24 heavy (non-hydrogen) atoms. The second-order valence-electron chi connectivity index (χ2n) is 6.39. The number of rotatable bonds is 8. The lowest BCUT2D eigenvalue weighted by Gasteiger charge is -2.21. The van der Waals surface area contributed by atoms with E-state index in [1.807, 2.05) is 16.5 Å². The van der Waals surface area contributed by atoms with Crippen molar-refractivity contribution in [1.29, 1.82) is 0 Å². The van der Waals surface area contributed by atoms with Gasteiger partial charge >= 0.3 is 0 Å². The van der Waals surface area contributed by atoms with Gasteiger partial charge in [-0.1, -0.05) is 26.0 Å². The lowest BCUT2D eigenvalue weighted by Crippen LogP contribution is -2.32.